The van der Waals surface area contributed by atoms with Gasteiger partial charge in [-0.25, -0.2) is 4.98 Å². The van der Waals surface area contributed by atoms with Crippen molar-refractivity contribution in [2.45, 2.75) is 25.6 Å². The molecule has 4 heterocycles. The molecule has 3 fully saturated rings. The minimum Gasteiger partial charge on any atom is -0.381 e. The highest BCUT2D eigenvalue weighted by Crippen LogP contribution is 2.45. The van der Waals surface area contributed by atoms with E-state index in [-0.39, 0.29) is 5.41 Å². The molecule has 172 valence electrons. The molecule has 3 aliphatic heterocycles. The molecule has 0 unspecified atom stereocenters. The lowest BCUT2D eigenvalue weighted by molar-refractivity contribution is -0.143. The molecule has 1 aromatic heterocycles. The molecule has 0 aliphatic carbocycles. The Hall–Kier alpha value is -1.91. The summed E-state index contributed by atoms with van der Waals surface area (Å²) in [7, 11) is 0. The second-order valence-corrected chi connectivity index (χ2v) is 8.65. The second-order valence-electron chi connectivity index (χ2n) is 8.65. The number of carbonyl (C=O) groups excluding carboxylic acids is 1. The highest BCUT2D eigenvalue weighted by atomic mass is 19.4. The van der Waals surface area contributed by atoms with Gasteiger partial charge in [0.2, 0.25) is 5.91 Å². The fourth-order valence-electron chi connectivity index (χ4n) is 4.93. The van der Waals surface area contributed by atoms with E-state index in [1.807, 2.05) is 6.07 Å². The maximum atomic E-state index is 12.7. The third-order valence-electron chi connectivity index (χ3n) is 6.54. The van der Waals surface area contributed by atoms with E-state index >= 15 is 0 Å². The number of hydrogen-bond acceptors (Lipinski definition) is 6. The zero-order valence-corrected chi connectivity index (χ0v) is 17.5. The number of morpholine rings is 1. The van der Waals surface area contributed by atoms with Crippen LogP contribution in [0.1, 0.15) is 18.4 Å². The Morgan fingerprint density at radius 1 is 1.19 bits per heavy atom. The Morgan fingerprint density at radius 2 is 1.90 bits per heavy atom. The van der Waals surface area contributed by atoms with Gasteiger partial charge < -0.3 is 19.7 Å². The van der Waals surface area contributed by atoms with Gasteiger partial charge in [0.15, 0.2) is 0 Å². The summed E-state index contributed by atoms with van der Waals surface area (Å²) in [6, 6.07) is 4.01. The van der Waals surface area contributed by atoms with Crippen LogP contribution in [0.2, 0.25) is 0 Å². The summed E-state index contributed by atoms with van der Waals surface area (Å²) in [5, 5.41) is 2.11. The van der Waals surface area contributed by atoms with Crippen molar-refractivity contribution in [3.63, 3.8) is 0 Å². The first-order valence-electron chi connectivity index (χ1n) is 10.8. The molecule has 3 saturated heterocycles. The van der Waals surface area contributed by atoms with Gasteiger partial charge in [0.1, 0.15) is 12.4 Å². The molecule has 1 amide bonds. The molecule has 3 aliphatic rings. The van der Waals surface area contributed by atoms with Gasteiger partial charge in [-0.05, 0) is 30.5 Å². The van der Waals surface area contributed by atoms with Gasteiger partial charge in [-0.3, -0.25) is 9.69 Å². The van der Waals surface area contributed by atoms with Crippen molar-refractivity contribution in [3.05, 3.63) is 23.9 Å². The number of hydrogen-bond donors (Lipinski definition) is 1. The number of alkyl halides is 3. The summed E-state index contributed by atoms with van der Waals surface area (Å²) >= 11 is 0. The van der Waals surface area contributed by atoms with Crippen molar-refractivity contribution in [2.24, 2.45) is 11.3 Å². The van der Waals surface area contributed by atoms with Crippen LogP contribution in [0.15, 0.2) is 18.3 Å². The monoisotopic (exact) mass is 442 g/mol. The molecule has 7 nitrogen and oxygen atoms in total. The lowest BCUT2D eigenvalue weighted by Crippen LogP contribution is -2.46. The molecular weight excluding hydrogens is 413 g/mol. The van der Waals surface area contributed by atoms with E-state index in [0.29, 0.717) is 58.9 Å². The number of carbonyl (C=O) groups is 1. The van der Waals surface area contributed by atoms with Gasteiger partial charge in [0, 0.05) is 57.5 Å². The van der Waals surface area contributed by atoms with E-state index in [9.17, 15) is 18.0 Å². The fraction of sp³-hybridized carbons (Fsp3) is 0.714. The van der Waals surface area contributed by atoms with Crippen LogP contribution in [-0.2, 0) is 20.8 Å². The van der Waals surface area contributed by atoms with Gasteiger partial charge in [0.25, 0.3) is 0 Å². The first-order chi connectivity index (χ1) is 14.8. The molecule has 31 heavy (non-hydrogen) atoms. The SMILES string of the molecule is O=C(NCC(F)(F)F)[C@@H]1CN(Cc2ccnc(N3CCOCC3)c2)CC12CCOCC2. The fourth-order valence-corrected chi connectivity index (χ4v) is 4.93. The van der Waals surface area contributed by atoms with Gasteiger partial charge in [-0.15, -0.1) is 0 Å². The number of anilines is 1. The minimum atomic E-state index is -4.41. The van der Waals surface area contributed by atoms with E-state index in [1.54, 1.807) is 6.20 Å². The number of pyridine rings is 1. The van der Waals surface area contributed by atoms with Crippen molar-refractivity contribution in [2.75, 3.05) is 64.1 Å². The molecule has 1 aromatic rings. The summed E-state index contributed by atoms with van der Waals surface area (Å²) < 4.78 is 48.8. The number of halogens is 3. The summed E-state index contributed by atoms with van der Waals surface area (Å²) in [5.41, 5.74) is 0.739. The number of likely N-dealkylation sites (tertiary alicyclic amines) is 1. The molecule has 1 N–H and O–H groups in total. The smallest absolute Gasteiger partial charge is 0.381 e. The van der Waals surface area contributed by atoms with Gasteiger partial charge >= 0.3 is 6.18 Å². The van der Waals surface area contributed by atoms with Crippen LogP contribution in [0.5, 0.6) is 0 Å². The van der Waals surface area contributed by atoms with E-state index in [0.717, 1.165) is 24.5 Å². The average molecular weight is 442 g/mol. The molecule has 0 bridgehead atoms. The Morgan fingerprint density at radius 3 is 2.61 bits per heavy atom. The summed E-state index contributed by atoms with van der Waals surface area (Å²) in [6.45, 7) is 4.48. The van der Waals surface area contributed by atoms with Crippen LogP contribution in [-0.4, -0.2) is 81.1 Å². The zero-order valence-electron chi connectivity index (χ0n) is 17.5. The van der Waals surface area contributed by atoms with Crippen LogP contribution in [0, 0.1) is 11.3 Å². The first-order valence-corrected chi connectivity index (χ1v) is 10.8. The largest absolute Gasteiger partial charge is 0.405 e. The third-order valence-corrected chi connectivity index (χ3v) is 6.54. The molecular formula is C21H29F3N4O3. The van der Waals surface area contributed by atoms with Crippen LogP contribution in [0.4, 0.5) is 19.0 Å². The lowest BCUT2D eigenvalue weighted by atomic mass is 9.72. The first kappa shape index (κ1) is 22.3. The molecule has 0 saturated carbocycles. The molecule has 1 spiro atoms. The van der Waals surface area contributed by atoms with Crippen molar-refractivity contribution in [1.29, 1.82) is 0 Å². The third kappa shape index (κ3) is 5.48. The number of amides is 1. The number of nitrogens with one attached hydrogen (secondary N) is 1. The van der Waals surface area contributed by atoms with Crippen molar-refractivity contribution < 1.29 is 27.4 Å². The Kier molecular flexibility index (Phi) is 6.68. The van der Waals surface area contributed by atoms with Crippen LogP contribution in [0.25, 0.3) is 0 Å². The molecule has 10 heteroatoms. The summed E-state index contributed by atoms with van der Waals surface area (Å²) in [5.74, 6) is -0.0787. The van der Waals surface area contributed by atoms with Crippen molar-refractivity contribution in [1.82, 2.24) is 15.2 Å². The maximum Gasteiger partial charge on any atom is 0.405 e. The topological polar surface area (TPSA) is 66.9 Å². The van der Waals surface area contributed by atoms with Crippen LogP contribution < -0.4 is 10.2 Å². The molecule has 4 rings (SSSR count). The Labute approximate surface area is 179 Å². The number of ether oxygens (including phenoxy) is 2. The highest BCUT2D eigenvalue weighted by Gasteiger charge is 2.50. The number of rotatable bonds is 5. The predicted octanol–water partition coefficient (Wildman–Crippen LogP) is 1.83. The summed E-state index contributed by atoms with van der Waals surface area (Å²) in [6.07, 6.45) is -1.26. The Bertz CT molecular complexity index is 764. The normalized spacial score (nSPS) is 24.5. The zero-order chi connectivity index (χ0) is 21.9. The quantitative estimate of drug-likeness (QED) is 0.751. The van der Waals surface area contributed by atoms with Gasteiger partial charge in [0.05, 0.1) is 19.1 Å². The van der Waals surface area contributed by atoms with Crippen LogP contribution in [0.3, 0.4) is 0 Å². The molecule has 0 radical (unpaired) electrons. The summed E-state index contributed by atoms with van der Waals surface area (Å²) in [4.78, 5) is 21.6. The van der Waals surface area contributed by atoms with E-state index in [2.05, 4.69) is 26.2 Å². The Balaban J connectivity index is 1.45. The van der Waals surface area contributed by atoms with Crippen molar-refractivity contribution in [3.8, 4) is 0 Å². The minimum absolute atomic E-state index is 0.339. The molecule has 0 aromatic carbocycles. The number of aromatic nitrogens is 1. The average Bonchev–Trinajstić information content (AvgIpc) is 3.10. The van der Waals surface area contributed by atoms with Gasteiger partial charge in [-0.1, -0.05) is 0 Å². The van der Waals surface area contributed by atoms with E-state index in [1.165, 1.54) is 0 Å². The predicted molar refractivity (Wildman–Crippen MR) is 108 cm³/mol. The van der Waals surface area contributed by atoms with E-state index < -0.39 is 24.5 Å². The van der Waals surface area contributed by atoms with Crippen LogP contribution >= 0.6 is 0 Å². The lowest BCUT2D eigenvalue weighted by Gasteiger charge is -2.37. The van der Waals surface area contributed by atoms with Crippen molar-refractivity contribution >= 4 is 11.7 Å². The molecule has 1 atom stereocenters. The maximum absolute atomic E-state index is 12.7. The van der Waals surface area contributed by atoms with Gasteiger partial charge in [-0.2, -0.15) is 13.2 Å². The highest BCUT2D eigenvalue weighted by molar-refractivity contribution is 5.80. The second kappa shape index (κ2) is 9.30. The number of nitrogens with zero attached hydrogens (tertiary/aromatic N) is 3. The van der Waals surface area contributed by atoms with E-state index in [4.69, 9.17) is 9.47 Å². The standard InChI is InChI=1S/C21H29F3N4O3/c22-21(23,24)14-26-19(29)17-13-27(15-20(17)2-7-30-8-3-20)12-16-1-4-25-18(11-16)28-5-9-31-10-6-28/h1,4,11,17H,2-3,5-10,12-15H2,(H,26,29)/t17-/m0/s1.